The van der Waals surface area contributed by atoms with Crippen molar-refractivity contribution in [3.63, 3.8) is 0 Å². The fourth-order valence-corrected chi connectivity index (χ4v) is 3.63. The van der Waals surface area contributed by atoms with E-state index in [1.165, 1.54) is 10.4 Å². The van der Waals surface area contributed by atoms with Crippen molar-refractivity contribution in [3.8, 4) is 0 Å². The lowest BCUT2D eigenvalue weighted by molar-refractivity contribution is -0.123. The molecule has 5 nitrogen and oxygen atoms in total. The van der Waals surface area contributed by atoms with Crippen LogP contribution in [0, 0.1) is 0 Å². The number of nitrogens with zero attached hydrogens (tertiary/aromatic N) is 1. The summed E-state index contributed by atoms with van der Waals surface area (Å²) in [4.78, 5) is 27.4. The number of hydrogen-bond acceptors (Lipinski definition) is 4. The van der Waals surface area contributed by atoms with Gasteiger partial charge in [-0.1, -0.05) is 23.7 Å². The molecule has 0 saturated carbocycles. The minimum Gasteiger partial charge on any atom is -0.290 e. The molecule has 7 heteroatoms. The van der Waals surface area contributed by atoms with Crippen LogP contribution in [0.25, 0.3) is 0 Å². The summed E-state index contributed by atoms with van der Waals surface area (Å²) in [6, 6.07) is 8.79. The van der Waals surface area contributed by atoms with Gasteiger partial charge in [-0.05, 0) is 35.6 Å². The Morgan fingerprint density at radius 3 is 2.87 bits per heavy atom. The van der Waals surface area contributed by atoms with Gasteiger partial charge in [0.15, 0.2) is 0 Å². The van der Waals surface area contributed by atoms with Crippen LogP contribution in [-0.4, -0.2) is 29.8 Å². The van der Waals surface area contributed by atoms with E-state index in [0.717, 1.165) is 19.5 Å². The second-order valence-electron chi connectivity index (χ2n) is 5.31. The predicted molar refractivity (Wildman–Crippen MR) is 90.4 cm³/mol. The van der Waals surface area contributed by atoms with Gasteiger partial charge in [-0.15, -0.1) is 11.3 Å². The quantitative estimate of drug-likeness (QED) is 0.835. The third-order valence-electron chi connectivity index (χ3n) is 3.69. The van der Waals surface area contributed by atoms with Gasteiger partial charge in [0.2, 0.25) is 0 Å². The first-order valence-corrected chi connectivity index (χ1v) is 8.50. The Bertz CT molecular complexity index is 732. The van der Waals surface area contributed by atoms with E-state index in [-0.39, 0.29) is 12.5 Å². The summed E-state index contributed by atoms with van der Waals surface area (Å²) in [7, 11) is 0. The second-order valence-corrected chi connectivity index (χ2v) is 6.72. The molecule has 2 heterocycles. The van der Waals surface area contributed by atoms with Gasteiger partial charge in [0, 0.05) is 18.0 Å². The number of thiophene rings is 1. The highest BCUT2D eigenvalue weighted by Gasteiger charge is 2.19. The van der Waals surface area contributed by atoms with E-state index in [1.807, 2.05) is 0 Å². The molecule has 0 spiro atoms. The lowest BCUT2D eigenvalue weighted by Gasteiger charge is -2.26. The summed E-state index contributed by atoms with van der Waals surface area (Å²) in [5.41, 5.74) is 6.45. The fourth-order valence-electron chi connectivity index (χ4n) is 2.52. The highest BCUT2D eigenvalue weighted by atomic mass is 35.5. The summed E-state index contributed by atoms with van der Waals surface area (Å²) in [5.74, 6) is -0.674. The molecule has 3 rings (SSSR count). The van der Waals surface area contributed by atoms with Gasteiger partial charge >= 0.3 is 0 Å². The highest BCUT2D eigenvalue weighted by Crippen LogP contribution is 2.23. The van der Waals surface area contributed by atoms with Gasteiger partial charge in [-0.2, -0.15) is 0 Å². The molecule has 1 aromatic carbocycles. The van der Waals surface area contributed by atoms with Gasteiger partial charge in [-0.25, -0.2) is 0 Å². The molecule has 0 bridgehead atoms. The highest BCUT2D eigenvalue weighted by molar-refractivity contribution is 7.10. The summed E-state index contributed by atoms with van der Waals surface area (Å²) < 4.78 is 0. The lowest BCUT2D eigenvalue weighted by atomic mass is 10.1. The van der Waals surface area contributed by atoms with Crippen molar-refractivity contribution in [1.29, 1.82) is 0 Å². The molecule has 0 atom stereocenters. The summed E-state index contributed by atoms with van der Waals surface area (Å²) in [6.07, 6.45) is 0.965. The SMILES string of the molecule is O=C(CN1CCc2sccc2C1)NNC(=O)c1ccccc1Cl. The van der Waals surface area contributed by atoms with Gasteiger partial charge in [-0.3, -0.25) is 25.3 Å². The van der Waals surface area contributed by atoms with E-state index in [4.69, 9.17) is 11.6 Å². The van der Waals surface area contributed by atoms with Crippen molar-refractivity contribution in [1.82, 2.24) is 15.8 Å². The number of hydrazine groups is 1. The Hall–Kier alpha value is -1.89. The van der Waals surface area contributed by atoms with Crippen molar-refractivity contribution in [3.05, 3.63) is 56.7 Å². The Labute approximate surface area is 143 Å². The van der Waals surface area contributed by atoms with E-state index < -0.39 is 5.91 Å². The number of carbonyl (C=O) groups excluding carboxylic acids is 2. The minimum atomic E-state index is -0.428. The number of nitrogens with one attached hydrogen (secondary N) is 2. The summed E-state index contributed by atoms with van der Waals surface area (Å²) in [5, 5.41) is 2.43. The van der Waals surface area contributed by atoms with Crippen molar-refractivity contribution in [2.45, 2.75) is 13.0 Å². The second kappa shape index (κ2) is 7.12. The number of fused-ring (bicyclic) bond motifs is 1. The maximum absolute atomic E-state index is 12.0. The zero-order chi connectivity index (χ0) is 16.2. The molecule has 1 aliphatic rings. The molecule has 120 valence electrons. The third-order valence-corrected chi connectivity index (χ3v) is 5.04. The first-order chi connectivity index (χ1) is 11.1. The largest absolute Gasteiger partial charge is 0.290 e. The van der Waals surface area contributed by atoms with Gasteiger partial charge in [0.05, 0.1) is 17.1 Å². The molecule has 0 saturated heterocycles. The first-order valence-electron chi connectivity index (χ1n) is 7.25. The maximum atomic E-state index is 12.0. The van der Waals surface area contributed by atoms with Gasteiger partial charge < -0.3 is 0 Å². The van der Waals surface area contributed by atoms with Gasteiger partial charge in [0.1, 0.15) is 0 Å². The van der Waals surface area contributed by atoms with Crippen molar-refractivity contribution in [2.75, 3.05) is 13.1 Å². The summed E-state index contributed by atoms with van der Waals surface area (Å²) >= 11 is 7.71. The van der Waals surface area contributed by atoms with Crippen LogP contribution in [-0.2, 0) is 17.8 Å². The normalized spacial score (nSPS) is 14.1. The number of rotatable bonds is 3. The molecule has 23 heavy (non-hydrogen) atoms. The Kier molecular flexibility index (Phi) is 4.95. The number of carbonyl (C=O) groups is 2. The molecule has 2 aromatic rings. The molecular formula is C16H16ClN3O2S. The van der Waals surface area contributed by atoms with Crippen LogP contribution < -0.4 is 10.9 Å². The number of amides is 2. The Balaban J connectivity index is 1.49. The Morgan fingerprint density at radius 2 is 2.04 bits per heavy atom. The monoisotopic (exact) mass is 349 g/mol. The number of hydrogen-bond donors (Lipinski definition) is 2. The fraction of sp³-hybridized carbons (Fsp3) is 0.250. The molecular weight excluding hydrogens is 334 g/mol. The molecule has 1 aromatic heterocycles. The number of benzene rings is 1. The minimum absolute atomic E-state index is 0.246. The predicted octanol–water partition coefficient (Wildman–Crippen LogP) is 2.22. The van der Waals surface area contributed by atoms with Crippen molar-refractivity contribution < 1.29 is 9.59 Å². The summed E-state index contributed by atoms with van der Waals surface area (Å²) in [6.45, 7) is 1.86. The topological polar surface area (TPSA) is 61.4 Å². The molecule has 0 fully saturated rings. The maximum Gasteiger partial charge on any atom is 0.271 e. The van der Waals surface area contributed by atoms with Crippen LogP contribution in [0.2, 0.25) is 5.02 Å². The molecule has 2 N–H and O–H groups in total. The van der Waals surface area contributed by atoms with E-state index >= 15 is 0 Å². The lowest BCUT2D eigenvalue weighted by Crippen LogP contribution is -2.47. The molecule has 1 aliphatic heterocycles. The van der Waals surface area contributed by atoms with Crippen LogP contribution in [0.5, 0.6) is 0 Å². The zero-order valence-corrected chi connectivity index (χ0v) is 13.9. The van der Waals surface area contributed by atoms with Crippen LogP contribution >= 0.6 is 22.9 Å². The number of halogens is 1. The average molecular weight is 350 g/mol. The van der Waals surface area contributed by atoms with E-state index in [2.05, 4.69) is 27.2 Å². The van der Waals surface area contributed by atoms with E-state index in [9.17, 15) is 9.59 Å². The smallest absolute Gasteiger partial charge is 0.271 e. The molecule has 0 unspecified atom stereocenters. The third kappa shape index (κ3) is 3.90. The van der Waals surface area contributed by atoms with Crippen LogP contribution in [0.3, 0.4) is 0 Å². The molecule has 2 amide bonds. The van der Waals surface area contributed by atoms with Crippen molar-refractivity contribution >= 4 is 34.8 Å². The molecule has 0 radical (unpaired) electrons. The molecule has 0 aliphatic carbocycles. The first kappa shape index (κ1) is 16.0. The van der Waals surface area contributed by atoms with Crippen LogP contribution in [0.1, 0.15) is 20.8 Å². The van der Waals surface area contributed by atoms with Crippen LogP contribution in [0.15, 0.2) is 35.7 Å². The average Bonchev–Trinajstić information content (AvgIpc) is 3.01. The van der Waals surface area contributed by atoms with E-state index in [1.54, 1.807) is 35.6 Å². The van der Waals surface area contributed by atoms with Gasteiger partial charge in [0.25, 0.3) is 11.8 Å². The van der Waals surface area contributed by atoms with E-state index in [0.29, 0.717) is 10.6 Å². The standard InChI is InChI=1S/C16H16ClN3O2S/c17-13-4-2-1-3-12(13)16(22)19-18-15(21)10-20-7-5-14-11(9-20)6-8-23-14/h1-4,6,8H,5,7,9-10H2,(H,18,21)(H,19,22). The van der Waals surface area contributed by atoms with Crippen LogP contribution in [0.4, 0.5) is 0 Å². The zero-order valence-electron chi connectivity index (χ0n) is 12.3. The Morgan fingerprint density at radius 1 is 1.22 bits per heavy atom. The van der Waals surface area contributed by atoms with Crippen molar-refractivity contribution in [2.24, 2.45) is 0 Å².